The van der Waals surface area contributed by atoms with Crippen molar-refractivity contribution in [2.24, 2.45) is 0 Å². The largest absolute Gasteiger partial charge is 0.325 e. The van der Waals surface area contributed by atoms with Gasteiger partial charge in [-0.25, -0.2) is 0 Å². The van der Waals surface area contributed by atoms with Gasteiger partial charge in [0.15, 0.2) is 11.0 Å². The Kier molecular flexibility index (Phi) is 6.43. The van der Waals surface area contributed by atoms with Crippen molar-refractivity contribution in [1.29, 1.82) is 0 Å². The molecular weight excluding hydrogens is 406 g/mol. The second kappa shape index (κ2) is 9.57. The van der Waals surface area contributed by atoms with Crippen molar-refractivity contribution in [1.82, 2.24) is 19.7 Å². The third-order valence-electron chi connectivity index (χ3n) is 4.78. The maximum Gasteiger partial charge on any atom is 0.234 e. The molecule has 0 bridgehead atoms. The van der Waals surface area contributed by atoms with Crippen LogP contribution in [0.15, 0.2) is 84.3 Å². The fraction of sp³-hybridized carbons (Fsp3) is 0.167. The predicted molar refractivity (Wildman–Crippen MR) is 124 cm³/mol. The quantitative estimate of drug-likeness (QED) is 0.410. The van der Waals surface area contributed by atoms with E-state index in [1.165, 1.54) is 11.8 Å². The van der Waals surface area contributed by atoms with Crippen LogP contribution in [0, 0.1) is 0 Å². The van der Waals surface area contributed by atoms with Gasteiger partial charge >= 0.3 is 0 Å². The van der Waals surface area contributed by atoms with Gasteiger partial charge in [-0.2, -0.15) is 0 Å². The molecule has 0 atom stereocenters. The summed E-state index contributed by atoms with van der Waals surface area (Å²) >= 11 is 1.36. The number of pyridine rings is 1. The van der Waals surface area contributed by atoms with Crippen molar-refractivity contribution in [3.8, 4) is 17.1 Å². The van der Waals surface area contributed by atoms with Crippen LogP contribution in [0.2, 0.25) is 0 Å². The van der Waals surface area contributed by atoms with E-state index >= 15 is 0 Å². The van der Waals surface area contributed by atoms with Crippen molar-refractivity contribution in [3.05, 3.63) is 84.7 Å². The molecule has 4 rings (SSSR count). The molecule has 0 aliphatic carbocycles. The van der Waals surface area contributed by atoms with E-state index in [4.69, 9.17) is 0 Å². The molecule has 6 nitrogen and oxygen atoms in total. The first-order valence-electron chi connectivity index (χ1n) is 10.1. The predicted octanol–water partition coefficient (Wildman–Crippen LogP) is 5.18. The van der Waals surface area contributed by atoms with E-state index in [1.54, 1.807) is 12.4 Å². The van der Waals surface area contributed by atoms with E-state index in [0.29, 0.717) is 16.9 Å². The summed E-state index contributed by atoms with van der Waals surface area (Å²) in [6.07, 6.45) is 3.46. The molecule has 0 aliphatic heterocycles. The van der Waals surface area contributed by atoms with Crippen LogP contribution in [0.1, 0.15) is 25.3 Å². The number of hydrogen-bond acceptors (Lipinski definition) is 5. The average molecular weight is 430 g/mol. The highest BCUT2D eigenvalue weighted by atomic mass is 32.2. The van der Waals surface area contributed by atoms with Gasteiger partial charge in [0.1, 0.15) is 0 Å². The Bertz CT molecular complexity index is 1160. The number of carbonyl (C=O) groups excluding carboxylic acids is 1. The molecule has 0 saturated heterocycles. The highest BCUT2D eigenvalue weighted by Crippen LogP contribution is 2.28. The second-order valence-corrected chi connectivity index (χ2v) is 8.23. The third kappa shape index (κ3) is 4.83. The molecule has 31 heavy (non-hydrogen) atoms. The SMILES string of the molecule is CC(C)c1ccccc1NC(=O)CSc1nnc(-c2ccncc2)n1-c1ccccc1. The highest BCUT2D eigenvalue weighted by Gasteiger charge is 2.17. The lowest BCUT2D eigenvalue weighted by Crippen LogP contribution is -2.16. The van der Waals surface area contributed by atoms with Crippen LogP contribution in [0.5, 0.6) is 0 Å². The lowest BCUT2D eigenvalue weighted by molar-refractivity contribution is -0.113. The van der Waals surface area contributed by atoms with E-state index < -0.39 is 0 Å². The molecule has 2 aromatic heterocycles. The Morgan fingerprint density at radius 3 is 2.42 bits per heavy atom. The van der Waals surface area contributed by atoms with Crippen LogP contribution < -0.4 is 5.32 Å². The van der Waals surface area contributed by atoms with E-state index in [9.17, 15) is 4.79 Å². The second-order valence-electron chi connectivity index (χ2n) is 7.29. The normalized spacial score (nSPS) is 10.9. The van der Waals surface area contributed by atoms with Crippen molar-refractivity contribution in [3.63, 3.8) is 0 Å². The number of aromatic nitrogens is 4. The number of thioether (sulfide) groups is 1. The van der Waals surface area contributed by atoms with Gasteiger partial charge in [0, 0.05) is 29.3 Å². The lowest BCUT2D eigenvalue weighted by Gasteiger charge is -2.14. The lowest BCUT2D eigenvalue weighted by atomic mass is 10.0. The molecule has 0 radical (unpaired) electrons. The molecule has 0 saturated carbocycles. The Morgan fingerprint density at radius 1 is 0.968 bits per heavy atom. The Labute approximate surface area is 185 Å². The zero-order chi connectivity index (χ0) is 21.6. The van der Waals surface area contributed by atoms with E-state index in [1.807, 2.05) is 71.3 Å². The van der Waals surface area contributed by atoms with E-state index in [-0.39, 0.29) is 11.7 Å². The Morgan fingerprint density at radius 2 is 1.68 bits per heavy atom. The summed E-state index contributed by atoms with van der Waals surface area (Å²) in [6.45, 7) is 4.23. The fourth-order valence-corrected chi connectivity index (χ4v) is 4.04. The van der Waals surface area contributed by atoms with E-state index in [0.717, 1.165) is 22.5 Å². The number of nitrogens with one attached hydrogen (secondary N) is 1. The molecule has 0 aliphatic rings. The summed E-state index contributed by atoms with van der Waals surface area (Å²) in [4.78, 5) is 16.8. The molecule has 0 spiro atoms. The molecule has 0 fully saturated rings. The summed E-state index contributed by atoms with van der Waals surface area (Å²) in [7, 11) is 0. The van der Waals surface area contributed by atoms with Crippen molar-refractivity contribution >= 4 is 23.4 Å². The molecule has 1 amide bonds. The van der Waals surface area contributed by atoms with Crippen LogP contribution >= 0.6 is 11.8 Å². The maximum absolute atomic E-state index is 12.7. The van der Waals surface area contributed by atoms with Gasteiger partial charge in [0.2, 0.25) is 5.91 Å². The Balaban J connectivity index is 1.57. The van der Waals surface area contributed by atoms with Crippen LogP contribution in [0.25, 0.3) is 17.1 Å². The minimum atomic E-state index is -0.0776. The van der Waals surface area contributed by atoms with Crippen molar-refractivity contribution in [2.45, 2.75) is 24.9 Å². The first-order valence-corrected chi connectivity index (χ1v) is 11.0. The van der Waals surface area contributed by atoms with Crippen LogP contribution in [-0.4, -0.2) is 31.4 Å². The number of benzene rings is 2. The fourth-order valence-electron chi connectivity index (χ4n) is 3.29. The minimum absolute atomic E-state index is 0.0776. The van der Waals surface area contributed by atoms with Crippen LogP contribution in [0.3, 0.4) is 0 Å². The summed E-state index contributed by atoms with van der Waals surface area (Å²) in [5.74, 6) is 1.19. The summed E-state index contributed by atoms with van der Waals surface area (Å²) in [5, 5.41) is 12.5. The van der Waals surface area contributed by atoms with Crippen molar-refractivity contribution < 1.29 is 4.79 Å². The third-order valence-corrected chi connectivity index (χ3v) is 5.70. The van der Waals surface area contributed by atoms with Crippen LogP contribution in [0.4, 0.5) is 5.69 Å². The standard InChI is InChI=1S/C24H23N5OS/c1-17(2)20-10-6-7-11-21(20)26-22(30)16-31-24-28-27-23(18-12-14-25-15-13-18)29(24)19-8-4-3-5-9-19/h3-15,17H,16H2,1-2H3,(H,26,30). The number of amides is 1. The summed E-state index contributed by atoms with van der Waals surface area (Å²) in [6, 6.07) is 21.6. The molecule has 4 aromatic rings. The first-order chi connectivity index (χ1) is 15.1. The topological polar surface area (TPSA) is 72.7 Å². The number of rotatable bonds is 7. The van der Waals surface area contributed by atoms with Gasteiger partial charge in [-0.05, 0) is 41.8 Å². The summed E-state index contributed by atoms with van der Waals surface area (Å²) < 4.78 is 1.97. The number of anilines is 1. The number of carbonyl (C=O) groups is 1. The molecular formula is C24H23N5OS. The first kappa shape index (κ1) is 20.8. The van der Waals surface area contributed by atoms with E-state index in [2.05, 4.69) is 34.3 Å². The van der Waals surface area contributed by atoms with Crippen LogP contribution in [-0.2, 0) is 4.79 Å². The van der Waals surface area contributed by atoms with Gasteiger partial charge < -0.3 is 5.32 Å². The maximum atomic E-state index is 12.7. The Hall–Kier alpha value is -3.45. The van der Waals surface area contributed by atoms with Gasteiger partial charge in [0.05, 0.1) is 5.75 Å². The molecule has 0 unspecified atom stereocenters. The minimum Gasteiger partial charge on any atom is -0.325 e. The molecule has 1 N–H and O–H groups in total. The van der Waals surface area contributed by atoms with Gasteiger partial charge in [-0.15, -0.1) is 10.2 Å². The number of hydrogen-bond donors (Lipinski definition) is 1. The zero-order valence-corrected chi connectivity index (χ0v) is 18.2. The monoisotopic (exact) mass is 429 g/mol. The molecule has 2 aromatic carbocycles. The number of para-hydroxylation sites is 2. The van der Waals surface area contributed by atoms with Crippen molar-refractivity contribution in [2.75, 3.05) is 11.1 Å². The van der Waals surface area contributed by atoms with Gasteiger partial charge in [0.25, 0.3) is 0 Å². The highest BCUT2D eigenvalue weighted by molar-refractivity contribution is 7.99. The van der Waals surface area contributed by atoms with Gasteiger partial charge in [-0.3, -0.25) is 14.3 Å². The molecule has 2 heterocycles. The number of nitrogens with zero attached hydrogens (tertiary/aromatic N) is 4. The average Bonchev–Trinajstić information content (AvgIpc) is 3.23. The smallest absolute Gasteiger partial charge is 0.234 e. The molecule has 156 valence electrons. The summed E-state index contributed by atoms with van der Waals surface area (Å²) in [5.41, 5.74) is 3.82. The zero-order valence-electron chi connectivity index (χ0n) is 17.4. The molecule has 7 heteroatoms. The van der Waals surface area contributed by atoms with Gasteiger partial charge in [-0.1, -0.05) is 62.0 Å².